The van der Waals surface area contributed by atoms with Crippen molar-refractivity contribution in [1.29, 1.82) is 5.26 Å². The average Bonchev–Trinajstić information content (AvgIpc) is 2.61. The summed E-state index contributed by atoms with van der Waals surface area (Å²) in [6.07, 6.45) is 1.22. The first-order valence-electron chi connectivity index (χ1n) is 7.46. The molecule has 0 aliphatic heterocycles. The number of nitrogen functional groups attached to an aromatic ring is 1. The first-order chi connectivity index (χ1) is 12.5. The molecule has 8 heteroatoms. The predicted octanol–water partition coefficient (Wildman–Crippen LogP) is 3.54. The van der Waals surface area contributed by atoms with Crippen molar-refractivity contribution in [1.82, 2.24) is 15.0 Å². The minimum Gasteiger partial charge on any atom is -0.368 e. The van der Waals surface area contributed by atoms with Crippen LogP contribution in [0.3, 0.4) is 0 Å². The van der Waals surface area contributed by atoms with Gasteiger partial charge in [-0.25, -0.2) is 8.78 Å². The summed E-state index contributed by atoms with van der Waals surface area (Å²) in [4.78, 5) is 12.0. The van der Waals surface area contributed by atoms with Crippen molar-refractivity contribution in [3.8, 4) is 6.07 Å². The third-order valence-corrected chi connectivity index (χ3v) is 3.31. The number of rotatable bonds is 4. The number of nitrogens with zero attached hydrogens (tertiary/aromatic N) is 4. The van der Waals surface area contributed by atoms with Crippen LogP contribution in [0.15, 0.2) is 48.5 Å². The number of benzene rings is 2. The second kappa shape index (κ2) is 7.36. The summed E-state index contributed by atoms with van der Waals surface area (Å²) in [5.41, 5.74) is 6.39. The molecule has 0 bridgehead atoms. The molecule has 0 amide bonds. The van der Waals surface area contributed by atoms with E-state index in [1.807, 2.05) is 24.3 Å². The number of aromatic nitrogens is 3. The van der Waals surface area contributed by atoms with E-state index in [1.54, 1.807) is 12.1 Å². The summed E-state index contributed by atoms with van der Waals surface area (Å²) < 4.78 is 26.8. The van der Waals surface area contributed by atoms with Gasteiger partial charge in [-0.3, -0.25) is 0 Å². The molecule has 3 aromatic rings. The molecule has 0 fully saturated rings. The molecular formula is C18H12F2N6. The third-order valence-electron chi connectivity index (χ3n) is 3.31. The molecule has 0 spiro atoms. The predicted molar refractivity (Wildman–Crippen MR) is 93.8 cm³/mol. The van der Waals surface area contributed by atoms with Crippen LogP contribution in [0.25, 0.3) is 11.6 Å². The Morgan fingerprint density at radius 3 is 2.54 bits per heavy atom. The van der Waals surface area contributed by atoms with Gasteiger partial charge in [-0.2, -0.15) is 20.2 Å². The van der Waals surface area contributed by atoms with Crippen LogP contribution in [0.1, 0.15) is 11.4 Å². The Morgan fingerprint density at radius 1 is 1.08 bits per heavy atom. The molecule has 128 valence electrons. The van der Waals surface area contributed by atoms with Gasteiger partial charge < -0.3 is 11.1 Å². The number of anilines is 3. The average molecular weight is 350 g/mol. The summed E-state index contributed by atoms with van der Waals surface area (Å²) in [6.45, 7) is 0. The molecular weight excluding hydrogens is 338 g/mol. The van der Waals surface area contributed by atoms with E-state index in [9.17, 15) is 14.0 Å². The van der Waals surface area contributed by atoms with Crippen LogP contribution in [0.4, 0.5) is 26.4 Å². The maximum atomic E-state index is 13.8. The van der Waals surface area contributed by atoms with Gasteiger partial charge in [0.15, 0.2) is 5.82 Å². The Bertz CT molecular complexity index is 1010. The van der Waals surface area contributed by atoms with Gasteiger partial charge in [0.2, 0.25) is 11.9 Å². The number of hydrogen-bond donors (Lipinski definition) is 2. The highest BCUT2D eigenvalue weighted by molar-refractivity contribution is 5.87. The van der Waals surface area contributed by atoms with Crippen LogP contribution in [0.5, 0.6) is 0 Å². The highest BCUT2D eigenvalue weighted by Gasteiger charge is 2.11. The Morgan fingerprint density at radius 2 is 1.85 bits per heavy atom. The minimum absolute atomic E-state index is 0.0258. The molecule has 0 aliphatic rings. The van der Waals surface area contributed by atoms with Crippen molar-refractivity contribution in [3.63, 3.8) is 0 Å². The topological polar surface area (TPSA) is 101 Å². The molecule has 0 atom stereocenters. The maximum Gasteiger partial charge on any atom is 0.232 e. The van der Waals surface area contributed by atoms with Crippen LogP contribution >= 0.6 is 0 Å². The second-order valence-electron chi connectivity index (χ2n) is 5.17. The number of nitrogens with two attached hydrogens (primary N) is 1. The van der Waals surface area contributed by atoms with E-state index < -0.39 is 11.6 Å². The monoisotopic (exact) mass is 350 g/mol. The largest absolute Gasteiger partial charge is 0.368 e. The highest BCUT2D eigenvalue weighted by Crippen LogP contribution is 2.20. The summed E-state index contributed by atoms with van der Waals surface area (Å²) in [5, 5.41) is 12.3. The van der Waals surface area contributed by atoms with Gasteiger partial charge in [-0.15, -0.1) is 0 Å². The number of hydrogen-bond acceptors (Lipinski definition) is 6. The van der Waals surface area contributed by atoms with Gasteiger partial charge in [-0.05, 0) is 30.3 Å². The molecule has 2 aromatic carbocycles. The zero-order valence-electron chi connectivity index (χ0n) is 13.3. The molecule has 0 radical (unpaired) electrons. The molecule has 6 nitrogen and oxygen atoms in total. The van der Waals surface area contributed by atoms with Gasteiger partial charge in [-0.1, -0.05) is 18.2 Å². The fraction of sp³-hybridized carbons (Fsp3) is 0. The zero-order valence-corrected chi connectivity index (χ0v) is 13.3. The quantitative estimate of drug-likeness (QED) is 0.698. The van der Waals surface area contributed by atoms with Crippen LogP contribution in [0.2, 0.25) is 0 Å². The Balaban J connectivity index is 1.98. The van der Waals surface area contributed by atoms with E-state index in [2.05, 4.69) is 20.3 Å². The van der Waals surface area contributed by atoms with Crippen molar-refractivity contribution >= 4 is 29.2 Å². The number of nitrogens with one attached hydrogen (secondary N) is 1. The van der Waals surface area contributed by atoms with Crippen LogP contribution < -0.4 is 11.1 Å². The summed E-state index contributed by atoms with van der Waals surface area (Å²) >= 11 is 0. The summed E-state index contributed by atoms with van der Waals surface area (Å²) in [7, 11) is 0. The highest BCUT2D eigenvalue weighted by atomic mass is 19.1. The third kappa shape index (κ3) is 3.96. The van der Waals surface area contributed by atoms with E-state index in [-0.39, 0.29) is 28.9 Å². The van der Waals surface area contributed by atoms with Gasteiger partial charge in [0.25, 0.3) is 0 Å². The standard InChI is InChI=1S/C18H12F2N6/c19-13-7-6-11(15(20)9-13)8-12(10-21)16-24-17(22)26-18(25-16)23-14-4-2-1-3-5-14/h1-9H,(H3,22,23,24,25,26)/b12-8+. The van der Waals surface area contributed by atoms with E-state index in [1.165, 1.54) is 12.1 Å². The molecule has 26 heavy (non-hydrogen) atoms. The van der Waals surface area contributed by atoms with E-state index in [4.69, 9.17) is 5.73 Å². The van der Waals surface area contributed by atoms with Crippen LogP contribution in [-0.2, 0) is 0 Å². The lowest BCUT2D eigenvalue weighted by atomic mass is 10.1. The lowest BCUT2D eigenvalue weighted by Crippen LogP contribution is -2.06. The second-order valence-corrected chi connectivity index (χ2v) is 5.17. The van der Waals surface area contributed by atoms with E-state index in [0.717, 1.165) is 17.8 Å². The molecule has 0 saturated carbocycles. The van der Waals surface area contributed by atoms with E-state index in [0.29, 0.717) is 0 Å². The molecule has 3 rings (SSSR count). The molecule has 3 N–H and O–H groups in total. The lowest BCUT2D eigenvalue weighted by molar-refractivity contribution is 0.581. The Labute approximate surface area is 147 Å². The number of halogens is 2. The maximum absolute atomic E-state index is 13.8. The number of nitriles is 1. The molecule has 0 aliphatic carbocycles. The smallest absolute Gasteiger partial charge is 0.232 e. The lowest BCUT2D eigenvalue weighted by Gasteiger charge is -2.07. The Kier molecular flexibility index (Phi) is 4.80. The first-order valence-corrected chi connectivity index (χ1v) is 7.46. The van der Waals surface area contributed by atoms with Gasteiger partial charge in [0.05, 0.1) is 5.57 Å². The zero-order chi connectivity index (χ0) is 18.5. The van der Waals surface area contributed by atoms with Crippen molar-refractivity contribution in [2.75, 3.05) is 11.1 Å². The van der Waals surface area contributed by atoms with E-state index >= 15 is 0 Å². The molecule has 0 saturated heterocycles. The fourth-order valence-corrected chi connectivity index (χ4v) is 2.14. The van der Waals surface area contributed by atoms with Crippen LogP contribution in [0, 0.1) is 23.0 Å². The van der Waals surface area contributed by atoms with Crippen molar-refractivity contribution < 1.29 is 8.78 Å². The number of allylic oxidation sites excluding steroid dienone is 1. The van der Waals surface area contributed by atoms with Gasteiger partial charge in [0, 0.05) is 17.3 Å². The van der Waals surface area contributed by atoms with Crippen molar-refractivity contribution in [3.05, 3.63) is 71.6 Å². The minimum atomic E-state index is -0.803. The summed E-state index contributed by atoms with van der Waals surface area (Å²) in [6, 6.07) is 14.0. The van der Waals surface area contributed by atoms with Crippen molar-refractivity contribution in [2.24, 2.45) is 0 Å². The van der Waals surface area contributed by atoms with Gasteiger partial charge >= 0.3 is 0 Å². The Hall–Kier alpha value is -3.86. The molecule has 1 aromatic heterocycles. The SMILES string of the molecule is N#C/C(=C\c1ccc(F)cc1F)c1nc(N)nc(Nc2ccccc2)n1. The molecule has 0 unspecified atom stereocenters. The van der Waals surface area contributed by atoms with Gasteiger partial charge in [0.1, 0.15) is 17.7 Å². The first kappa shape index (κ1) is 17.0. The van der Waals surface area contributed by atoms with Crippen LogP contribution in [-0.4, -0.2) is 15.0 Å². The normalized spacial score (nSPS) is 11.0. The number of para-hydroxylation sites is 1. The fourth-order valence-electron chi connectivity index (χ4n) is 2.14. The molecule has 1 heterocycles. The van der Waals surface area contributed by atoms with Crippen molar-refractivity contribution in [2.45, 2.75) is 0 Å². The summed E-state index contributed by atoms with van der Waals surface area (Å²) in [5.74, 6) is -1.50.